The molecule has 4 heteroatoms. The van der Waals surface area contributed by atoms with E-state index in [-0.39, 0.29) is 5.41 Å². The van der Waals surface area contributed by atoms with Gasteiger partial charge in [0, 0.05) is 43.0 Å². The highest BCUT2D eigenvalue weighted by molar-refractivity contribution is 7.10. The van der Waals surface area contributed by atoms with Crippen molar-refractivity contribution in [1.29, 1.82) is 0 Å². The zero-order chi connectivity index (χ0) is 12.8. The first kappa shape index (κ1) is 14.0. The minimum absolute atomic E-state index is 0.235. The molecular weight excluding hydrogens is 244 g/mol. The minimum atomic E-state index is 0.235. The van der Waals surface area contributed by atoms with Gasteiger partial charge in [0.1, 0.15) is 0 Å². The molecule has 102 valence electrons. The maximum Gasteiger partial charge on any atom is 0.0594 e. The number of thiophene rings is 1. The van der Waals surface area contributed by atoms with Crippen molar-refractivity contribution in [2.45, 2.75) is 19.3 Å². The van der Waals surface area contributed by atoms with E-state index in [0.717, 1.165) is 45.9 Å². The van der Waals surface area contributed by atoms with Gasteiger partial charge in [0.05, 0.1) is 13.2 Å². The van der Waals surface area contributed by atoms with E-state index in [2.05, 4.69) is 41.6 Å². The van der Waals surface area contributed by atoms with Gasteiger partial charge in [-0.05, 0) is 11.4 Å². The largest absolute Gasteiger partial charge is 0.379 e. The second kappa shape index (κ2) is 6.66. The molecule has 1 saturated heterocycles. The van der Waals surface area contributed by atoms with Gasteiger partial charge in [-0.25, -0.2) is 0 Å². The van der Waals surface area contributed by atoms with Crippen molar-refractivity contribution >= 4 is 11.3 Å². The van der Waals surface area contributed by atoms with Crippen LogP contribution < -0.4 is 5.32 Å². The van der Waals surface area contributed by atoms with Gasteiger partial charge >= 0.3 is 0 Å². The summed E-state index contributed by atoms with van der Waals surface area (Å²) < 4.78 is 5.35. The lowest BCUT2D eigenvalue weighted by molar-refractivity contribution is 0.0383. The lowest BCUT2D eigenvalue weighted by atomic mass is 9.91. The third-order valence-corrected chi connectivity index (χ3v) is 4.70. The van der Waals surface area contributed by atoms with Crippen LogP contribution in [0.2, 0.25) is 0 Å². The van der Waals surface area contributed by atoms with Gasteiger partial charge in [0.15, 0.2) is 0 Å². The molecule has 1 fully saturated rings. The maximum absolute atomic E-state index is 5.35. The molecule has 0 amide bonds. The normalized spacial score (nSPS) is 18.1. The average molecular weight is 268 g/mol. The number of hydrogen-bond acceptors (Lipinski definition) is 4. The van der Waals surface area contributed by atoms with E-state index in [1.807, 2.05) is 11.3 Å². The Kier molecular flexibility index (Phi) is 5.18. The van der Waals surface area contributed by atoms with E-state index >= 15 is 0 Å². The molecule has 1 aromatic rings. The number of ether oxygens (including phenoxy) is 1. The van der Waals surface area contributed by atoms with E-state index in [0.29, 0.717) is 0 Å². The number of rotatable bonds is 6. The monoisotopic (exact) mass is 268 g/mol. The van der Waals surface area contributed by atoms with Gasteiger partial charge in [-0.2, -0.15) is 0 Å². The molecule has 1 aliphatic heterocycles. The Morgan fingerprint density at radius 1 is 1.39 bits per heavy atom. The summed E-state index contributed by atoms with van der Waals surface area (Å²) in [5.74, 6) is 0. The molecule has 0 unspecified atom stereocenters. The molecule has 0 spiro atoms. The van der Waals surface area contributed by atoms with Crippen LogP contribution in [0.4, 0.5) is 0 Å². The van der Waals surface area contributed by atoms with Crippen LogP contribution in [0.5, 0.6) is 0 Å². The number of morpholine rings is 1. The molecule has 1 aliphatic rings. The van der Waals surface area contributed by atoms with Crippen LogP contribution in [-0.2, 0) is 10.2 Å². The molecule has 1 N–H and O–H groups in total. The van der Waals surface area contributed by atoms with Crippen molar-refractivity contribution in [1.82, 2.24) is 10.2 Å². The van der Waals surface area contributed by atoms with Crippen LogP contribution in [-0.4, -0.2) is 50.8 Å². The lowest BCUT2D eigenvalue weighted by Crippen LogP contribution is -2.42. The smallest absolute Gasteiger partial charge is 0.0594 e. The van der Waals surface area contributed by atoms with Crippen LogP contribution in [0.1, 0.15) is 18.7 Å². The van der Waals surface area contributed by atoms with Gasteiger partial charge < -0.3 is 10.1 Å². The topological polar surface area (TPSA) is 24.5 Å². The van der Waals surface area contributed by atoms with Crippen molar-refractivity contribution in [2.75, 3.05) is 45.9 Å². The van der Waals surface area contributed by atoms with Crippen LogP contribution in [0.15, 0.2) is 17.5 Å². The third kappa shape index (κ3) is 4.05. The summed E-state index contributed by atoms with van der Waals surface area (Å²) in [5.41, 5.74) is 0.235. The predicted octanol–water partition coefficient (Wildman–Crippen LogP) is 1.95. The zero-order valence-corrected chi connectivity index (χ0v) is 12.3. The number of nitrogens with one attached hydrogen (secondary N) is 1. The Morgan fingerprint density at radius 2 is 2.17 bits per heavy atom. The lowest BCUT2D eigenvalue weighted by Gasteiger charge is -2.28. The van der Waals surface area contributed by atoms with Crippen molar-refractivity contribution in [3.8, 4) is 0 Å². The Morgan fingerprint density at radius 3 is 2.83 bits per heavy atom. The summed E-state index contributed by atoms with van der Waals surface area (Å²) in [7, 11) is 0. The SMILES string of the molecule is CC(C)(CNCCN1CCOCC1)c1cccs1. The molecule has 0 saturated carbocycles. The Labute approximate surface area is 114 Å². The first-order valence-electron chi connectivity index (χ1n) is 6.73. The van der Waals surface area contributed by atoms with E-state index in [1.165, 1.54) is 4.88 Å². The van der Waals surface area contributed by atoms with Gasteiger partial charge in [0.25, 0.3) is 0 Å². The molecule has 0 radical (unpaired) electrons. The standard InChI is InChI=1S/C14H24N2OS/c1-14(2,13-4-3-11-18-13)12-15-5-6-16-7-9-17-10-8-16/h3-4,11,15H,5-10,12H2,1-2H3. The minimum Gasteiger partial charge on any atom is -0.379 e. The van der Waals surface area contributed by atoms with Crippen molar-refractivity contribution in [3.63, 3.8) is 0 Å². The molecule has 3 nitrogen and oxygen atoms in total. The van der Waals surface area contributed by atoms with Gasteiger partial charge in [0.2, 0.25) is 0 Å². The number of hydrogen-bond donors (Lipinski definition) is 1. The Balaban J connectivity index is 1.65. The first-order chi connectivity index (χ1) is 8.68. The fourth-order valence-corrected chi connectivity index (χ4v) is 3.07. The van der Waals surface area contributed by atoms with Crippen LogP contribution >= 0.6 is 11.3 Å². The fraction of sp³-hybridized carbons (Fsp3) is 0.714. The summed E-state index contributed by atoms with van der Waals surface area (Å²) in [6, 6.07) is 4.36. The summed E-state index contributed by atoms with van der Waals surface area (Å²) in [5, 5.41) is 5.74. The van der Waals surface area contributed by atoms with Crippen molar-refractivity contribution < 1.29 is 4.74 Å². The van der Waals surface area contributed by atoms with Crippen LogP contribution in [0.3, 0.4) is 0 Å². The second-order valence-corrected chi connectivity index (χ2v) is 6.44. The molecule has 2 rings (SSSR count). The summed E-state index contributed by atoms with van der Waals surface area (Å²) >= 11 is 1.85. The van der Waals surface area contributed by atoms with Gasteiger partial charge in [-0.3, -0.25) is 4.90 Å². The highest BCUT2D eigenvalue weighted by atomic mass is 32.1. The third-order valence-electron chi connectivity index (χ3n) is 3.46. The van der Waals surface area contributed by atoms with Gasteiger partial charge in [-0.15, -0.1) is 11.3 Å². The number of nitrogens with zero attached hydrogens (tertiary/aromatic N) is 1. The summed E-state index contributed by atoms with van der Waals surface area (Å²) in [4.78, 5) is 3.93. The molecule has 0 bridgehead atoms. The first-order valence-corrected chi connectivity index (χ1v) is 7.61. The summed E-state index contributed by atoms with van der Waals surface area (Å²) in [6.07, 6.45) is 0. The average Bonchev–Trinajstić information content (AvgIpc) is 2.91. The van der Waals surface area contributed by atoms with Crippen LogP contribution in [0.25, 0.3) is 0 Å². The molecule has 1 aromatic heterocycles. The van der Waals surface area contributed by atoms with Gasteiger partial charge in [-0.1, -0.05) is 19.9 Å². The zero-order valence-electron chi connectivity index (χ0n) is 11.4. The molecular formula is C14H24N2OS. The Bertz CT molecular complexity index is 332. The highest BCUT2D eigenvalue weighted by Gasteiger charge is 2.21. The molecule has 0 atom stereocenters. The molecule has 0 aromatic carbocycles. The Hall–Kier alpha value is -0.420. The van der Waals surface area contributed by atoms with E-state index in [4.69, 9.17) is 4.74 Å². The molecule has 2 heterocycles. The quantitative estimate of drug-likeness (QED) is 0.798. The van der Waals surface area contributed by atoms with E-state index in [1.54, 1.807) is 0 Å². The van der Waals surface area contributed by atoms with Crippen molar-refractivity contribution in [3.05, 3.63) is 22.4 Å². The molecule has 0 aliphatic carbocycles. The van der Waals surface area contributed by atoms with E-state index < -0.39 is 0 Å². The van der Waals surface area contributed by atoms with Crippen LogP contribution in [0, 0.1) is 0 Å². The van der Waals surface area contributed by atoms with Crippen molar-refractivity contribution in [2.24, 2.45) is 0 Å². The molecule has 18 heavy (non-hydrogen) atoms. The van der Waals surface area contributed by atoms with E-state index in [9.17, 15) is 0 Å². The predicted molar refractivity (Wildman–Crippen MR) is 77.5 cm³/mol. The fourth-order valence-electron chi connectivity index (χ4n) is 2.21. The summed E-state index contributed by atoms with van der Waals surface area (Å²) in [6.45, 7) is 11.8. The maximum atomic E-state index is 5.35. The second-order valence-electron chi connectivity index (χ2n) is 5.49. The highest BCUT2D eigenvalue weighted by Crippen LogP contribution is 2.26.